The first-order chi connectivity index (χ1) is 15.8. The number of esters is 1. The zero-order valence-electron chi connectivity index (χ0n) is 17.1. The van der Waals surface area contributed by atoms with Crippen LogP contribution in [-0.4, -0.2) is 19.0 Å². The molecule has 0 saturated heterocycles. The van der Waals surface area contributed by atoms with Crippen LogP contribution in [0.15, 0.2) is 66.2 Å². The Balaban J connectivity index is 1.82. The van der Waals surface area contributed by atoms with Gasteiger partial charge in [0, 0.05) is 0 Å². The number of nitriles is 1. The number of benzene rings is 3. The standard InChI is InChI=1S/C24H15Cl2FN2O4/c1-32-21-12-14(5-10-20(21)33-24(31)15-6-8-17(27)9-7-15)11-16(13-28)23(30)29-22-18(25)3-2-4-19(22)26/h2-12H,1H3,(H,29,30)/b16-11+. The van der Waals surface area contributed by atoms with Crippen LogP contribution in [0, 0.1) is 17.1 Å². The lowest BCUT2D eigenvalue weighted by Gasteiger charge is -2.11. The maximum Gasteiger partial charge on any atom is 0.343 e. The van der Waals surface area contributed by atoms with E-state index in [0.717, 1.165) is 12.1 Å². The summed E-state index contributed by atoms with van der Waals surface area (Å²) in [4.78, 5) is 24.8. The Kier molecular flexibility index (Phi) is 7.67. The molecule has 0 saturated carbocycles. The van der Waals surface area contributed by atoms with E-state index in [9.17, 15) is 19.2 Å². The Morgan fingerprint density at radius 1 is 1.03 bits per heavy atom. The number of hydrogen-bond donors (Lipinski definition) is 1. The minimum Gasteiger partial charge on any atom is -0.493 e. The van der Waals surface area contributed by atoms with Crippen LogP contribution < -0.4 is 14.8 Å². The third kappa shape index (κ3) is 5.89. The molecule has 0 atom stereocenters. The van der Waals surface area contributed by atoms with Crippen molar-refractivity contribution in [1.29, 1.82) is 5.26 Å². The highest BCUT2D eigenvalue weighted by atomic mass is 35.5. The molecule has 0 bridgehead atoms. The molecule has 1 amide bonds. The summed E-state index contributed by atoms with van der Waals surface area (Å²) in [5, 5.41) is 12.4. The summed E-state index contributed by atoms with van der Waals surface area (Å²) in [7, 11) is 1.37. The number of carbonyl (C=O) groups is 2. The predicted molar refractivity (Wildman–Crippen MR) is 123 cm³/mol. The lowest BCUT2D eigenvalue weighted by atomic mass is 10.1. The molecule has 1 N–H and O–H groups in total. The number of nitrogens with zero attached hydrogens (tertiary/aromatic N) is 1. The number of carbonyl (C=O) groups excluding carboxylic acids is 2. The van der Waals surface area contributed by atoms with Crippen molar-refractivity contribution < 1.29 is 23.5 Å². The smallest absolute Gasteiger partial charge is 0.343 e. The van der Waals surface area contributed by atoms with Crippen LogP contribution in [0.1, 0.15) is 15.9 Å². The van der Waals surface area contributed by atoms with E-state index >= 15 is 0 Å². The average Bonchev–Trinajstić information content (AvgIpc) is 2.81. The van der Waals surface area contributed by atoms with Gasteiger partial charge in [-0.05, 0) is 60.2 Å². The van der Waals surface area contributed by atoms with Crippen LogP contribution in [0.3, 0.4) is 0 Å². The molecule has 0 aliphatic heterocycles. The molecule has 6 nitrogen and oxygen atoms in total. The van der Waals surface area contributed by atoms with E-state index in [1.54, 1.807) is 18.2 Å². The molecule has 0 fully saturated rings. The van der Waals surface area contributed by atoms with E-state index in [4.69, 9.17) is 32.7 Å². The molecule has 0 spiro atoms. The second kappa shape index (κ2) is 10.6. The third-order valence-corrected chi connectivity index (χ3v) is 4.98. The van der Waals surface area contributed by atoms with Crippen LogP contribution in [0.25, 0.3) is 6.08 Å². The molecule has 0 unspecified atom stereocenters. The third-order valence-electron chi connectivity index (χ3n) is 4.35. The van der Waals surface area contributed by atoms with Gasteiger partial charge in [0.15, 0.2) is 11.5 Å². The molecule has 0 aromatic heterocycles. The average molecular weight is 485 g/mol. The van der Waals surface area contributed by atoms with Crippen LogP contribution in [-0.2, 0) is 4.79 Å². The molecular formula is C24H15Cl2FN2O4. The second-order valence-corrected chi connectivity index (χ2v) is 7.34. The van der Waals surface area contributed by atoms with Crippen molar-refractivity contribution in [1.82, 2.24) is 0 Å². The number of ether oxygens (including phenoxy) is 2. The Hall–Kier alpha value is -3.86. The van der Waals surface area contributed by atoms with E-state index in [1.807, 2.05) is 6.07 Å². The summed E-state index contributed by atoms with van der Waals surface area (Å²) < 4.78 is 23.6. The minimum absolute atomic E-state index is 0.106. The Labute approximate surface area is 198 Å². The van der Waals surface area contributed by atoms with Gasteiger partial charge in [0.25, 0.3) is 5.91 Å². The quantitative estimate of drug-likeness (QED) is 0.203. The highest BCUT2D eigenvalue weighted by Gasteiger charge is 2.16. The van der Waals surface area contributed by atoms with Gasteiger partial charge in [-0.3, -0.25) is 4.79 Å². The minimum atomic E-state index is -0.710. The first-order valence-corrected chi connectivity index (χ1v) is 10.1. The highest BCUT2D eigenvalue weighted by Crippen LogP contribution is 2.31. The lowest BCUT2D eigenvalue weighted by molar-refractivity contribution is -0.112. The van der Waals surface area contributed by atoms with Crippen molar-refractivity contribution >= 4 is 46.8 Å². The van der Waals surface area contributed by atoms with Gasteiger partial charge in [-0.25, -0.2) is 9.18 Å². The lowest BCUT2D eigenvalue weighted by Crippen LogP contribution is -2.14. The summed E-state index contributed by atoms with van der Waals surface area (Å²) in [5.41, 5.74) is 0.561. The normalized spacial score (nSPS) is 10.8. The van der Waals surface area contributed by atoms with Crippen molar-refractivity contribution in [2.24, 2.45) is 0 Å². The van der Waals surface area contributed by atoms with E-state index in [1.165, 1.54) is 43.5 Å². The van der Waals surface area contributed by atoms with Gasteiger partial charge in [0.05, 0.1) is 28.4 Å². The number of nitrogens with one attached hydrogen (secondary N) is 1. The predicted octanol–water partition coefficient (Wildman–Crippen LogP) is 5.91. The first kappa shape index (κ1) is 23.8. The maximum atomic E-state index is 13.0. The Morgan fingerprint density at radius 2 is 1.70 bits per heavy atom. The topological polar surface area (TPSA) is 88.4 Å². The van der Waals surface area contributed by atoms with E-state index in [-0.39, 0.29) is 38.4 Å². The Bertz CT molecular complexity index is 1260. The zero-order chi connectivity index (χ0) is 24.0. The SMILES string of the molecule is COc1cc(/C=C(\C#N)C(=O)Nc2c(Cl)cccc2Cl)ccc1OC(=O)c1ccc(F)cc1. The van der Waals surface area contributed by atoms with Crippen molar-refractivity contribution in [3.63, 3.8) is 0 Å². The van der Waals surface area contributed by atoms with E-state index in [0.29, 0.717) is 5.56 Å². The van der Waals surface area contributed by atoms with Gasteiger partial charge in [-0.15, -0.1) is 0 Å². The van der Waals surface area contributed by atoms with E-state index < -0.39 is 17.7 Å². The van der Waals surface area contributed by atoms with Crippen molar-refractivity contribution in [3.8, 4) is 17.6 Å². The second-order valence-electron chi connectivity index (χ2n) is 6.53. The van der Waals surface area contributed by atoms with Crippen LogP contribution >= 0.6 is 23.2 Å². The molecule has 0 aliphatic carbocycles. The molecule has 3 aromatic rings. The monoisotopic (exact) mass is 484 g/mol. The van der Waals surface area contributed by atoms with Gasteiger partial charge in [-0.1, -0.05) is 35.3 Å². The fraction of sp³-hybridized carbons (Fsp3) is 0.0417. The van der Waals surface area contributed by atoms with Crippen molar-refractivity contribution in [3.05, 3.63) is 93.2 Å². The highest BCUT2D eigenvalue weighted by molar-refractivity contribution is 6.40. The molecule has 3 rings (SSSR count). The molecule has 3 aromatic carbocycles. The number of hydrogen-bond acceptors (Lipinski definition) is 5. The van der Waals surface area contributed by atoms with Crippen molar-refractivity contribution in [2.45, 2.75) is 0 Å². The number of halogens is 3. The van der Waals surface area contributed by atoms with E-state index in [2.05, 4.69) is 5.32 Å². The molecule has 0 aliphatic rings. The van der Waals surface area contributed by atoms with Crippen LogP contribution in [0.5, 0.6) is 11.5 Å². The summed E-state index contributed by atoms with van der Waals surface area (Å²) >= 11 is 12.1. The largest absolute Gasteiger partial charge is 0.493 e. The molecule has 0 radical (unpaired) electrons. The maximum absolute atomic E-state index is 13.0. The van der Waals surface area contributed by atoms with Crippen LogP contribution in [0.2, 0.25) is 10.0 Å². The molecule has 9 heteroatoms. The molecule has 33 heavy (non-hydrogen) atoms. The molecule has 166 valence electrons. The summed E-state index contributed by atoms with van der Waals surface area (Å²) in [6.45, 7) is 0. The fourth-order valence-electron chi connectivity index (χ4n) is 2.72. The van der Waals surface area contributed by atoms with Gasteiger partial charge in [0.2, 0.25) is 0 Å². The van der Waals surface area contributed by atoms with Crippen LogP contribution in [0.4, 0.5) is 10.1 Å². The Morgan fingerprint density at radius 3 is 2.30 bits per heavy atom. The van der Waals surface area contributed by atoms with Gasteiger partial charge in [-0.2, -0.15) is 5.26 Å². The summed E-state index contributed by atoms with van der Waals surface area (Å²) in [6, 6.07) is 15.9. The fourth-order valence-corrected chi connectivity index (χ4v) is 3.21. The molecule has 0 heterocycles. The number of methoxy groups -OCH3 is 1. The first-order valence-electron chi connectivity index (χ1n) is 9.35. The summed E-state index contributed by atoms with van der Waals surface area (Å²) in [6.07, 6.45) is 1.33. The zero-order valence-corrected chi connectivity index (χ0v) is 18.6. The number of amides is 1. The molecular weight excluding hydrogens is 470 g/mol. The van der Waals surface area contributed by atoms with Gasteiger partial charge < -0.3 is 14.8 Å². The number of para-hydroxylation sites is 1. The number of rotatable bonds is 6. The summed E-state index contributed by atoms with van der Waals surface area (Å²) in [5.74, 6) is -1.60. The number of anilines is 1. The van der Waals surface area contributed by atoms with Gasteiger partial charge in [0.1, 0.15) is 17.5 Å². The van der Waals surface area contributed by atoms with Crippen molar-refractivity contribution in [2.75, 3.05) is 12.4 Å². The van der Waals surface area contributed by atoms with Gasteiger partial charge >= 0.3 is 5.97 Å².